The Morgan fingerprint density at radius 2 is 2.07 bits per heavy atom. The topological polar surface area (TPSA) is 26.3 Å². The molecule has 82 valence electrons. The van der Waals surface area contributed by atoms with Crippen LogP contribution in [-0.4, -0.2) is 11.5 Å². The lowest BCUT2D eigenvalue weighted by molar-refractivity contribution is 0.0179. The van der Waals surface area contributed by atoms with Crippen molar-refractivity contribution in [2.24, 2.45) is 17.8 Å². The van der Waals surface area contributed by atoms with Crippen LogP contribution >= 0.6 is 11.6 Å². The van der Waals surface area contributed by atoms with E-state index in [1.54, 1.807) is 0 Å². The second kappa shape index (κ2) is 5.01. The number of hydrogen-bond donors (Lipinski definition) is 0. The maximum absolute atomic E-state index is 10.7. The molecule has 0 bridgehead atoms. The fraction of sp³-hybridized carbons (Fsp3) is 0.909. The lowest BCUT2D eigenvalue weighted by Gasteiger charge is -2.36. The van der Waals surface area contributed by atoms with Gasteiger partial charge in [0.05, 0.1) is 0 Å². The molecule has 2 nitrogen and oxygen atoms in total. The van der Waals surface area contributed by atoms with Crippen LogP contribution in [0.2, 0.25) is 0 Å². The highest BCUT2D eigenvalue weighted by Gasteiger charge is 2.32. The van der Waals surface area contributed by atoms with E-state index < -0.39 is 5.43 Å². The summed E-state index contributed by atoms with van der Waals surface area (Å²) in [5.74, 6) is 1.68. The predicted octanol–water partition coefficient (Wildman–Crippen LogP) is 3.82. The van der Waals surface area contributed by atoms with Crippen molar-refractivity contribution in [3.63, 3.8) is 0 Å². The maximum atomic E-state index is 10.7. The molecule has 0 spiro atoms. The van der Waals surface area contributed by atoms with E-state index in [1.807, 2.05) is 0 Å². The van der Waals surface area contributed by atoms with Crippen LogP contribution in [0.1, 0.15) is 40.0 Å². The second-order valence-electron chi connectivity index (χ2n) is 4.72. The van der Waals surface area contributed by atoms with Gasteiger partial charge in [-0.25, -0.2) is 4.79 Å². The molecule has 1 aliphatic rings. The van der Waals surface area contributed by atoms with Gasteiger partial charge in [-0.1, -0.05) is 27.2 Å². The Morgan fingerprint density at radius 3 is 2.57 bits per heavy atom. The summed E-state index contributed by atoms with van der Waals surface area (Å²) < 4.78 is 5.16. The Morgan fingerprint density at radius 1 is 1.43 bits per heavy atom. The van der Waals surface area contributed by atoms with Gasteiger partial charge in [-0.05, 0) is 30.6 Å². The molecule has 1 aliphatic carbocycles. The summed E-state index contributed by atoms with van der Waals surface area (Å²) in [6.07, 6.45) is 3.37. The average molecular weight is 219 g/mol. The van der Waals surface area contributed by atoms with E-state index in [9.17, 15) is 4.79 Å². The Kier molecular flexibility index (Phi) is 4.24. The normalized spacial score (nSPS) is 33.1. The summed E-state index contributed by atoms with van der Waals surface area (Å²) in [5, 5.41) is 0. The van der Waals surface area contributed by atoms with Crippen molar-refractivity contribution in [1.82, 2.24) is 0 Å². The van der Waals surface area contributed by atoms with Crippen LogP contribution in [-0.2, 0) is 4.74 Å². The van der Waals surface area contributed by atoms with Gasteiger partial charge < -0.3 is 4.74 Å². The Balaban J connectivity index is 2.58. The molecule has 0 N–H and O–H groups in total. The molecule has 0 amide bonds. The van der Waals surface area contributed by atoms with Crippen molar-refractivity contribution in [2.75, 3.05) is 0 Å². The molecule has 0 aromatic carbocycles. The standard InChI is InChI=1S/C11H19ClO2/c1-7(2)9-5-4-8(3)6-10(9)14-11(12)13/h7-10H,4-6H2,1-3H3/t8-,9+,10+/m0/s1. The molecule has 1 fully saturated rings. The lowest BCUT2D eigenvalue weighted by atomic mass is 9.75. The van der Waals surface area contributed by atoms with Crippen molar-refractivity contribution in [1.29, 1.82) is 0 Å². The number of hydrogen-bond acceptors (Lipinski definition) is 2. The van der Waals surface area contributed by atoms with Gasteiger partial charge in [-0.3, -0.25) is 0 Å². The van der Waals surface area contributed by atoms with Gasteiger partial charge in [0.1, 0.15) is 6.10 Å². The minimum atomic E-state index is -0.658. The largest absolute Gasteiger partial charge is 0.450 e. The molecule has 0 aromatic rings. The number of halogens is 1. The van der Waals surface area contributed by atoms with Crippen molar-refractivity contribution in [3.8, 4) is 0 Å². The minimum Gasteiger partial charge on any atom is -0.450 e. The molecular weight excluding hydrogens is 200 g/mol. The monoisotopic (exact) mass is 218 g/mol. The molecular formula is C11H19ClO2. The van der Waals surface area contributed by atoms with E-state index in [0.717, 1.165) is 12.8 Å². The zero-order chi connectivity index (χ0) is 10.7. The van der Waals surface area contributed by atoms with Crippen LogP contribution in [0.4, 0.5) is 4.79 Å². The molecule has 0 saturated heterocycles. The predicted molar refractivity (Wildman–Crippen MR) is 57.5 cm³/mol. The molecule has 1 saturated carbocycles. The van der Waals surface area contributed by atoms with Crippen LogP contribution in [0.5, 0.6) is 0 Å². The van der Waals surface area contributed by atoms with E-state index >= 15 is 0 Å². The van der Waals surface area contributed by atoms with Crippen LogP contribution < -0.4 is 0 Å². The summed E-state index contributed by atoms with van der Waals surface area (Å²) >= 11 is 5.27. The average Bonchev–Trinajstić information content (AvgIpc) is 2.01. The number of ether oxygens (including phenoxy) is 1. The molecule has 3 heteroatoms. The Labute approximate surface area is 91.0 Å². The van der Waals surface area contributed by atoms with Gasteiger partial charge in [0.15, 0.2) is 0 Å². The highest BCUT2D eigenvalue weighted by molar-refractivity contribution is 6.61. The number of rotatable bonds is 2. The van der Waals surface area contributed by atoms with Gasteiger partial charge in [-0.2, -0.15) is 0 Å². The smallest absolute Gasteiger partial charge is 0.404 e. The fourth-order valence-corrected chi connectivity index (χ4v) is 2.48. The van der Waals surface area contributed by atoms with Crippen molar-refractivity contribution in [3.05, 3.63) is 0 Å². The van der Waals surface area contributed by atoms with Crippen LogP contribution in [0, 0.1) is 17.8 Å². The van der Waals surface area contributed by atoms with Gasteiger partial charge >= 0.3 is 5.43 Å². The lowest BCUT2D eigenvalue weighted by Crippen LogP contribution is -2.34. The van der Waals surface area contributed by atoms with Gasteiger partial charge in [0.25, 0.3) is 0 Å². The van der Waals surface area contributed by atoms with Crippen LogP contribution in [0.15, 0.2) is 0 Å². The first-order valence-electron chi connectivity index (χ1n) is 5.36. The first kappa shape index (κ1) is 11.8. The Bertz CT molecular complexity index is 203. The third kappa shape index (κ3) is 3.16. The summed E-state index contributed by atoms with van der Waals surface area (Å²) in [7, 11) is 0. The molecule has 0 radical (unpaired) electrons. The molecule has 0 unspecified atom stereocenters. The SMILES string of the molecule is CC(C)[C@H]1CC[C@H](C)C[C@H]1OC(=O)Cl. The van der Waals surface area contributed by atoms with Crippen molar-refractivity contribution < 1.29 is 9.53 Å². The molecule has 3 atom stereocenters. The van der Waals surface area contributed by atoms with Crippen LogP contribution in [0.3, 0.4) is 0 Å². The quantitative estimate of drug-likeness (QED) is 0.659. The summed E-state index contributed by atoms with van der Waals surface area (Å²) in [4.78, 5) is 10.7. The fourth-order valence-electron chi connectivity index (χ4n) is 2.37. The summed E-state index contributed by atoms with van der Waals surface area (Å²) in [5.41, 5.74) is -0.658. The van der Waals surface area contributed by atoms with E-state index in [0.29, 0.717) is 17.8 Å². The zero-order valence-corrected chi connectivity index (χ0v) is 9.88. The van der Waals surface area contributed by atoms with Crippen molar-refractivity contribution >= 4 is 17.0 Å². The Hall–Kier alpha value is -0.240. The molecule has 0 aromatic heterocycles. The molecule has 14 heavy (non-hydrogen) atoms. The molecule has 0 heterocycles. The highest BCUT2D eigenvalue weighted by atomic mass is 35.5. The first-order chi connectivity index (χ1) is 6.50. The highest BCUT2D eigenvalue weighted by Crippen LogP contribution is 2.35. The summed E-state index contributed by atoms with van der Waals surface area (Å²) in [6, 6.07) is 0. The maximum Gasteiger partial charge on any atom is 0.404 e. The van der Waals surface area contributed by atoms with E-state index in [4.69, 9.17) is 16.3 Å². The number of carbonyl (C=O) groups excluding carboxylic acids is 1. The molecule has 1 rings (SSSR count). The van der Waals surface area contributed by atoms with Crippen molar-refractivity contribution in [2.45, 2.75) is 46.1 Å². The first-order valence-corrected chi connectivity index (χ1v) is 5.74. The van der Waals surface area contributed by atoms with Crippen LogP contribution in [0.25, 0.3) is 0 Å². The van der Waals surface area contributed by atoms with E-state index in [1.165, 1.54) is 6.42 Å². The molecule has 0 aliphatic heterocycles. The van der Waals surface area contributed by atoms with Gasteiger partial charge in [0, 0.05) is 11.6 Å². The van der Waals surface area contributed by atoms with E-state index in [2.05, 4.69) is 20.8 Å². The summed E-state index contributed by atoms with van der Waals surface area (Å²) in [6.45, 7) is 6.55. The van der Waals surface area contributed by atoms with Gasteiger partial charge in [0.2, 0.25) is 0 Å². The zero-order valence-electron chi connectivity index (χ0n) is 9.13. The second-order valence-corrected chi connectivity index (χ2v) is 5.03. The van der Waals surface area contributed by atoms with E-state index in [-0.39, 0.29) is 6.10 Å². The minimum absolute atomic E-state index is 0.0312. The third-order valence-corrected chi connectivity index (χ3v) is 3.29. The third-order valence-electron chi connectivity index (χ3n) is 3.21. The van der Waals surface area contributed by atoms with Gasteiger partial charge in [-0.15, -0.1) is 0 Å². The number of carbonyl (C=O) groups is 1.